The molecule has 0 spiro atoms. The Morgan fingerprint density at radius 2 is 2.21 bits per heavy atom. The van der Waals surface area contributed by atoms with Gasteiger partial charge in [0, 0.05) is 12.2 Å². The van der Waals surface area contributed by atoms with Gasteiger partial charge in [0.25, 0.3) is 0 Å². The number of Topliss-reactive ketones (excluding diaryl/α,β-unsaturated/α-hetero) is 1. The van der Waals surface area contributed by atoms with Crippen LogP contribution in [0.4, 0.5) is 10.1 Å². The lowest BCUT2D eigenvalue weighted by molar-refractivity contribution is -0.123. The molecular weight excluding hydrogens is 249 g/mol. The average Bonchev–Trinajstić information content (AvgIpc) is 2.39. The normalized spacial score (nSPS) is 18.9. The largest absolute Gasteiger partial charge is 0.381 e. The zero-order chi connectivity index (χ0) is 13.8. The monoisotopic (exact) mass is 265 g/mol. The van der Waals surface area contributed by atoms with Gasteiger partial charge in [0.1, 0.15) is 5.82 Å². The summed E-state index contributed by atoms with van der Waals surface area (Å²) in [5.41, 5.74) is 0.537. The number of carbonyl (C=O) groups is 2. The van der Waals surface area contributed by atoms with Gasteiger partial charge in [-0.25, -0.2) is 4.39 Å². The lowest BCUT2D eigenvalue weighted by Gasteiger charge is -2.21. The second kappa shape index (κ2) is 5.93. The number of amides is 1. The van der Waals surface area contributed by atoms with Crippen LogP contribution in [0, 0.1) is 11.7 Å². The van der Waals surface area contributed by atoms with E-state index < -0.39 is 5.82 Å². The standard InChI is InChI=1S/C14H16FNO3/c1-9(17)12-5-4-11(15)7-13(12)16-14(18)10-3-2-6-19-8-10/h4-5,7,10H,2-3,6,8H2,1H3,(H,16,18). The van der Waals surface area contributed by atoms with Crippen LogP contribution in [0.5, 0.6) is 0 Å². The minimum Gasteiger partial charge on any atom is -0.381 e. The predicted octanol–water partition coefficient (Wildman–Crippen LogP) is 2.39. The number of ketones is 1. The smallest absolute Gasteiger partial charge is 0.229 e. The van der Waals surface area contributed by atoms with E-state index in [1.54, 1.807) is 0 Å². The Balaban J connectivity index is 2.15. The molecule has 1 fully saturated rings. The first-order valence-corrected chi connectivity index (χ1v) is 6.27. The van der Waals surface area contributed by atoms with Crippen molar-refractivity contribution >= 4 is 17.4 Å². The van der Waals surface area contributed by atoms with E-state index in [0.717, 1.165) is 18.9 Å². The van der Waals surface area contributed by atoms with E-state index in [9.17, 15) is 14.0 Å². The average molecular weight is 265 g/mol. The van der Waals surface area contributed by atoms with Crippen molar-refractivity contribution in [2.75, 3.05) is 18.5 Å². The molecule has 1 amide bonds. The second-order valence-electron chi connectivity index (χ2n) is 4.65. The highest BCUT2D eigenvalue weighted by atomic mass is 19.1. The molecule has 0 radical (unpaired) electrons. The van der Waals surface area contributed by atoms with Gasteiger partial charge in [-0.2, -0.15) is 0 Å². The summed E-state index contributed by atoms with van der Waals surface area (Å²) >= 11 is 0. The quantitative estimate of drug-likeness (QED) is 0.854. The van der Waals surface area contributed by atoms with Crippen molar-refractivity contribution in [3.05, 3.63) is 29.6 Å². The maximum atomic E-state index is 13.2. The Labute approximate surface area is 110 Å². The zero-order valence-corrected chi connectivity index (χ0v) is 10.7. The van der Waals surface area contributed by atoms with Crippen LogP contribution in [0.2, 0.25) is 0 Å². The first-order valence-electron chi connectivity index (χ1n) is 6.27. The van der Waals surface area contributed by atoms with E-state index in [1.165, 1.54) is 19.1 Å². The van der Waals surface area contributed by atoms with E-state index in [2.05, 4.69) is 5.32 Å². The number of hydrogen-bond donors (Lipinski definition) is 1. The summed E-state index contributed by atoms with van der Waals surface area (Å²) in [6, 6.07) is 3.75. The van der Waals surface area contributed by atoms with Crippen molar-refractivity contribution < 1.29 is 18.7 Å². The zero-order valence-electron chi connectivity index (χ0n) is 10.7. The molecule has 0 aliphatic carbocycles. The molecule has 1 saturated heterocycles. The van der Waals surface area contributed by atoms with Crippen molar-refractivity contribution in [1.82, 2.24) is 0 Å². The Morgan fingerprint density at radius 3 is 2.84 bits per heavy atom. The number of anilines is 1. The maximum Gasteiger partial charge on any atom is 0.229 e. The van der Waals surface area contributed by atoms with E-state index >= 15 is 0 Å². The van der Waals surface area contributed by atoms with E-state index in [4.69, 9.17) is 4.74 Å². The van der Waals surface area contributed by atoms with Gasteiger partial charge in [0.05, 0.1) is 18.2 Å². The molecule has 1 unspecified atom stereocenters. The molecule has 1 aliphatic heterocycles. The van der Waals surface area contributed by atoms with Crippen LogP contribution in [-0.4, -0.2) is 24.9 Å². The third kappa shape index (κ3) is 3.38. The summed E-state index contributed by atoms with van der Waals surface area (Å²) < 4.78 is 18.5. The SMILES string of the molecule is CC(=O)c1ccc(F)cc1NC(=O)C1CCCOC1. The minimum absolute atomic E-state index is 0.213. The number of rotatable bonds is 3. The number of ether oxygens (including phenoxy) is 1. The van der Waals surface area contributed by atoms with Crippen molar-refractivity contribution in [3.63, 3.8) is 0 Å². The van der Waals surface area contributed by atoms with Gasteiger partial charge in [0.2, 0.25) is 5.91 Å². The molecule has 1 aromatic carbocycles. The van der Waals surface area contributed by atoms with Crippen molar-refractivity contribution in [2.45, 2.75) is 19.8 Å². The molecule has 0 aromatic heterocycles. The van der Waals surface area contributed by atoms with Crippen molar-refractivity contribution in [1.29, 1.82) is 0 Å². The van der Waals surface area contributed by atoms with Crippen LogP contribution in [0.15, 0.2) is 18.2 Å². The third-order valence-corrected chi connectivity index (χ3v) is 3.15. The molecule has 19 heavy (non-hydrogen) atoms. The number of carbonyl (C=O) groups excluding carboxylic acids is 2. The molecule has 1 heterocycles. The third-order valence-electron chi connectivity index (χ3n) is 3.15. The van der Waals surface area contributed by atoms with Crippen LogP contribution in [-0.2, 0) is 9.53 Å². The van der Waals surface area contributed by atoms with E-state index in [-0.39, 0.29) is 23.3 Å². The van der Waals surface area contributed by atoms with Crippen LogP contribution in [0.1, 0.15) is 30.1 Å². The Hall–Kier alpha value is -1.75. The number of benzene rings is 1. The molecule has 0 saturated carbocycles. The molecule has 1 aliphatic rings. The van der Waals surface area contributed by atoms with Crippen molar-refractivity contribution in [3.8, 4) is 0 Å². The fraction of sp³-hybridized carbons (Fsp3) is 0.429. The highest BCUT2D eigenvalue weighted by molar-refractivity contribution is 6.04. The summed E-state index contributed by atoms with van der Waals surface area (Å²) in [6.45, 7) is 2.42. The number of hydrogen-bond acceptors (Lipinski definition) is 3. The highest BCUT2D eigenvalue weighted by Crippen LogP contribution is 2.21. The van der Waals surface area contributed by atoms with Gasteiger partial charge in [-0.15, -0.1) is 0 Å². The molecule has 1 aromatic rings. The summed E-state index contributed by atoms with van der Waals surface area (Å²) in [7, 11) is 0. The first kappa shape index (κ1) is 13.7. The molecular formula is C14H16FNO3. The Morgan fingerprint density at radius 1 is 1.42 bits per heavy atom. The fourth-order valence-electron chi connectivity index (χ4n) is 2.11. The topological polar surface area (TPSA) is 55.4 Å². The summed E-state index contributed by atoms with van der Waals surface area (Å²) in [4.78, 5) is 23.5. The minimum atomic E-state index is -0.486. The second-order valence-corrected chi connectivity index (χ2v) is 4.65. The lowest BCUT2D eigenvalue weighted by Crippen LogP contribution is -2.30. The van der Waals surface area contributed by atoms with Crippen molar-refractivity contribution in [2.24, 2.45) is 5.92 Å². The van der Waals surface area contributed by atoms with Crippen LogP contribution in [0.25, 0.3) is 0 Å². The summed E-state index contributed by atoms with van der Waals surface area (Å²) in [5.74, 6) is -1.17. The van der Waals surface area contributed by atoms with Gasteiger partial charge < -0.3 is 10.1 Å². The van der Waals surface area contributed by atoms with Gasteiger partial charge in [0.15, 0.2) is 5.78 Å². The van der Waals surface area contributed by atoms with Crippen LogP contribution < -0.4 is 5.32 Å². The summed E-state index contributed by atoms with van der Waals surface area (Å²) in [5, 5.41) is 2.62. The lowest BCUT2D eigenvalue weighted by atomic mass is 10.0. The molecule has 102 valence electrons. The predicted molar refractivity (Wildman–Crippen MR) is 68.6 cm³/mol. The number of halogens is 1. The van der Waals surface area contributed by atoms with E-state index in [0.29, 0.717) is 18.8 Å². The molecule has 2 rings (SSSR count). The van der Waals surface area contributed by atoms with Gasteiger partial charge in [-0.05, 0) is 38.0 Å². The molecule has 0 bridgehead atoms. The van der Waals surface area contributed by atoms with Crippen LogP contribution in [0.3, 0.4) is 0 Å². The van der Waals surface area contributed by atoms with Gasteiger partial charge in [-0.1, -0.05) is 0 Å². The maximum absolute atomic E-state index is 13.2. The molecule has 1 N–H and O–H groups in total. The molecule has 1 atom stereocenters. The fourth-order valence-corrected chi connectivity index (χ4v) is 2.11. The van der Waals surface area contributed by atoms with Gasteiger partial charge >= 0.3 is 0 Å². The Bertz CT molecular complexity index is 495. The first-order chi connectivity index (χ1) is 9.08. The number of nitrogens with one attached hydrogen (secondary N) is 1. The van der Waals surface area contributed by atoms with Crippen LogP contribution >= 0.6 is 0 Å². The Kier molecular flexibility index (Phi) is 4.27. The van der Waals surface area contributed by atoms with E-state index in [1.807, 2.05) is 0 Å². The molecule has 5 heteroatoms. The van der Waals surface area contributed by atoms with Gasteiger partial charge in [-0.3, -0.25) is 9.59 Å². The summed E-state index contributed by atoms with van der Waals surface area (Å²) in [6.07, 6.45) is 1.58. The molecule has 4 nitrogen and oxygen atoms in total. The highest BCUT2D eigenvalue weighted by Gasteiger charge is 2.23.